The number of anilines is 2. The highest BCUT2D eigenvalue weighted by molar-refractivity contribution is 6.04. The molecule has 9 heteroatoms. The maximum absolute atomic E-state index is 12.4. The van der Waals surface area contributed by atoms with Crippen molar-refractivity contribution in [2.24, 2.45) is 0 Å². The molecule has 3 rings (SSSR count). The van der Waals surface area contributed by atoms with Gasteiger partial charge < -0.3 is 10.6 Å². The molecule has 27 heavy (non-hydrogen) atoms. The van der Waals surface area contributed by atoms with Gasteiger partial charge in [-0.1, -0.05) is 18.9 Å². The summed E-state index contributed by atoms with van der Waals surface area (Å²) in [7, 11) is 0. The Kier molecular flexibility index (Phi) is 7.18. The quantitative estimate of drug-likeness (QED) is 0.776. The fourth-order valence-electron chi connectivity index (χ4n) is 3.04. The Balaban J connectivity index is 0.00000261. The summed E-state index contributed by atoms with van der Waals surface area (Å²) in [5.74, 6) is -0.131. The first-order valence-corrected chi connectivity index (χ1v) is 8.87. The van der Waals surface area contributed by atoms with E-state index in [1.54, 1.807) is 18.2 Å². The van der Waals surface area contributed by atoms with Crippen LogP contribution in [0.3, 0.4) is 0 Å². The summed E-state index contributed by atoms with van der Waals surface area (Å²) < 4.78 is 1.45. The number of likely N-dealkylation sites (tertiary alicyclic amines) is 1. The molecule has 1 aliphatic rings. The van der Waals surface area contributed by atoms with E-state index in [4.69, 9.17) is 5.73 Å². The number of nitrogens with one attached hydrogen (secondary N) is 1. The molecule has 3 N–H and O–H groups in total. The van der Waals surface area contributed by atoms with E-state index >= 15 is 0 Å². The first-order valence-electron chi connectivity index (χ1n) is 8.87. The van der Waals surface area contributed by atoms with Gasteiger partial charge in [-0.05, 0) is 37.5 Å². The van der Waals surface area contributed by atoms with Gasteiger partial charge in [-0.2, -0.15) is 0 Å². The van der Waals surface area contributed by atoms with Crippen LogP contribution in [0.4, 0.5) is 11.6 Å². The van der Waals surface area contributed by atoms with Gasteiger partial charge in [0, 0.05) is 24.3 Å². The first-order chi connectivity index (χ1) is 12.5. The average molecular weight is 393 g/mol. The lowest BCUT2D eigenvalue weighted by Crippen LogP contribution is -2.34. The van der Waals surface area contributed by atoms with E-state index in [2.05, 4.69) is 15.4 Å². The van der Waals surface area contributed by atoms with Crippen molar-refractivity contribution in [3.63, 3.8) is 0 Å². The van der Waals surface area contributed by atoms with Crippen LogP contribution < -0.4 is 11.1 Å². The highest BCUT2D eigenvalue weighted by Gasteiger charge is 2.17. The van der Waals surface area contributed by atoms with Crippen molar-refractivity contribution in [1.82, 2.24) is 19.7 Å². The molecule has 2 aromatic rings. The number of benzene rings is 1. The number of hydrogen-bond donors (Lipinski definition) is 2. The standard InChI is InChI=1S/C18H24N6O2.ClH/c1-13-6-7-14(19)10-15(13)17(26)21-18-20-12-24(22-18)11-16(25)23-8-4-2-3-5-9-23;/h6-7,10,12H,2-5,8-9,11,19H2,1H3,(H,21,22,26);1H. The van der Waals surface area contributed by atoms with Gasteiger partial charge in [0.15, 0.2) is 0 Å². The van der Waals surface area contributed by atoms with E-state index in [9.17, 15) is 9.59 Å². The van der Waals surface area contributed by atoms with E-state index in [-0.39, 0.29) is 36.7 Å². The molecule has 0 aliphatic carbocycles. The van der Waals surface area contributed by atoms with Crippen molar-refractivity contribution in [2.75, 3.05) is 24.1 Å². The molecule has 0 radical (unpaired) electrons. The second-order valence-corrected chi connectivity index (χ2v) is 6.59. The average Bonchev–Trinajstić information content (AvgIpc) is 2.87. The molecule has 1 saturated heterocycles. The molecule has 146 valence electrons. The number of carbonyl (C=O) groups excluding carboxylic acids is 2. The Morgan fingerprint density at radius 2 is 1.89 bits per heavy atom. The van der Waals surface area contributed by atoms with Gasteiger partial charge in [0.1, 0.15) is 12.9 Å². The van der Waals surface area contributed by atoms with Crippen LogP contribution in [-0.2, 0) is 11.3 Å². The molecule has 8 nitrogen and oxygen atoms in total. The van der Waals surface area contributed by atoms with Crippen LogP contribution >= 0.6 is 12.4 Å². The summed E-state index contributed by atoms with van der Waals surface area (Å²) in [5.41, 5.74) is 7.54. The molecule has 1 fully saturated rings. The Hall–Kier alpha value is -2.61. The van der Waals surface area contributed by atoms with Crippen molar-refractivity contribution < 1.29 is 9.59 Å². The van der Waals surface area contributed by atoms with Crippen molar-refractivity contribution in [1.29, 1.82) is 0 Å². The minimum Gasteiger partial charge on any atom is -0.399 e. The van der Waals surface area contributed by atoms with Crippen molar-refractivity contribution in [2.45, 2.75) is 39.2 Å². The molecule has 0 spiro atoms. The molecular formula is C18H25ClN6O2. The lowest BCUT2D eigenvalue weighted by molar-refractivity contribution is -0.132. The number of hydrogen-bond acceptors (Lipinski definition) is 5. The van der Waals surface area contributed by atoms with Crippen LogP contribution in [0.15, 0.2) is 24.5 Å². The number of nitrogens with zero attached hydrogens (tertiary/aromatic N) is 4. The molecule has 1 aromatic carbocycles. The van der Waals surface area contributed by atoms with Gasteiger partial charge in [-0.3, -0.25) is 14.9 Å². The SMILES string of the molecule is Cc1ccc(N)cc1C(=O)Nc1ncn(CC(=O)N2CCCCCC2)n1.Cl. The largest absolute Gasteiger partial charge is 0.399 e. The molecule has 2 heterocycles. The number of aromatic nitrogens is 3. The topological polar surface area (TPSA) is 106 Å². The van der Waals surface area contributed by atoms with Crippen molar-refractivity contribution >= 4 is 35.9 Å². The minimum atomic E-state index is -0.327. The van der Waals surface area contributed by atoms with Gasteiger partial charge in [0.2, 0.25) is 11.9 Å². The molecule has 1 aliphatic heterocycles. The molecule has 0 atom stereocenters. The van der Waals surface area contributed by atoms with Crippen LogP contribution in [0.5, 0.6) is 0 Å². The number of halogens is 1. The van der Waals surface area contributed by atoms with Crippen LogP contribution in [-0.4, -0.2) is 44.6 Å². The smallest absolute Gasteiger partial charge is 0.258 e. The fraction of sp³-hybridized carbons (Fsp3) is 0.444. The number of carbonyl (C=O) groups is 2. The molecule has 0 bridgehead atoms. The van der Waals surface area contributed by atoms with Gasteiger partial charge in [0.25, 0.3) is 5.91 Å². The molecule has 0 unspecified atom stereocenters. The minimum absolute atomic E-state index is 0. The summed E-state index contributed by atoms with van der Waals surface area (Å²) in [4.78, 5) is 30.7. The number of nitrogen functional groups attached to an aromatic ring is 1. The predicted molar refractivity (Wildman–Crippen MR) is 106 cm³/mol. The Bertz CT molecular complexity index is 799. The van der Waals surface area contributed by atoms with Crippen LogP contribution in [0.1, 0.15) is 41.6 Å². The van der Waals surface area contributed by atoms with Gasteiger partial charge in [0.05, 0.1) is 0 Å². The third kappa shape index (κ3) is 5.43. The summed E-state index contributed by atoms with van der Waals surface area (Å²) in [6.45, 7) is 3.55. The third-order valence-corrected chi connectivity index (χ3v) is 4.52. The van der Waals surface area contributed by atoms with E-state index in [0.29, 0.717) is 11.3 Å². The normalized spacial score (nSPS) is 14.2. The van der Waals surface area contributed by atoms with Gasteiger partial charge >= 0.3 is 0 Å². The predicted octanol–water partition coefficient (Wildman–Crippen LogP) is 2.25. The van der Waals surface area contributed by atoms with E-state index < -0.39 is 0 Å². The molecule has 2 amide bonds. The highest BCUT2D eigenvalue weighted by Crippen LogP contribution is 2.14. The molecule has 0 saturated carbocycles. The summed E-state index contributed by atoms with van der Waals surface area (Å²) in [6, 6.07) is 5.15. The Morgan fingerprint density at radius 3 is 2.59 bits per heavy atom. The Labute approximate surface area is 164 Å². The zero-order valence-electron chi connectivity index (χ0n) is 15.4. The van der Waals surface area contributed by atoms with Gasteiger partial charge in [-0.25, -0.2) is 9.67 Å². The number of rotatable bonds is 4. The maximum Gasteiger partial charge on any atom is 0.258 e. The Morgan fingerprint density at radius 1 is 1.19 bits per heavy atom. The third-order valence-electron chi connectivity index (χ3n) is 4.52. The number of aryl methyl sites for hydroxylation is 1. The molecular weight excluding hydrogens is 368 g/mol. The monoisotopic (exact) mass is 392 g/mol. The zero-order valence-corrected chi connectivity index (χ0v) is 16.2. The van der Waals surface area contributed by atoms with E-state index in [0.717, 1.165) is 31.5 Å². The second-order valence-electron chi connectivity index (χ2n) is 6.59. The van der Waals surface area contributed by atoms with Crippen molar-refractivity contribution in [3.05, 3.63) is 35.7 Å². The van der Waals surface area contributed by atoms with Crippen LogP contribution in [0.25, 0.3) is 0 Å². The van der Waals surface area contributed by atoms with Crippen LogP contribution in [0, 0.1) is 6.92 Å². The van der Waals surface area contributed by atoms with Crippen LogP contribution in [0.2, 0.25) is 0 Å². The summed E-state index contributed by atoms with van der Waals surface area (Å²) in [5, 5.41) is 6.83. The fourth-order valence-corrected chi connectivity index (χ4v) is 3.04. The first kappa shape index (κ1) is 20.7. The highest BCUT2D eigenvalue weighted by atomic mass is 35.5. The van der Waals surface area contributed by atoms with E-state index in [1.165, 1.54) is 23.9 Å². The van der Waals surface area contributed by atoms with Gasteiger partial charge in [-0.15, -0.1) is 17.5 Å². The molecule has 1 aromatic heterocycles. The lowest BCUT2D eigenvalue weighted by Gasteiger charge is -2.19. The lowest BCUT2D eigenvalue weighted by atomic mass is 10.1. The summed E-state index contributed by atoms with van der Waals surface area (Å²) >= 11 is 0. The maximum atomic E-state index is 12.4. The summed E-state index contributed by atoms with van der Waals surface area (Å²) in [6.07, 6.45) is 5.89. The number of nitrogens with two attached hydrogens (primary N) is 1. The number of amides is 2. The second kappa shape index (κ2) is 9.36. The van der Waals surface area contributed by atoms with E-state index in [1.807, 2.05) is 11.8 Å². The zero-order chi connectivity index (χ0) is 18.5. The van der Waals surface area contributed by atoms with Crippen molar-refractivity contribution in [3.8, 4) is 0 Å².